The number of rotatable bonds is 6. The van der Waals surface area contributed by atoms with Gasteiger partial charge in [0.05, 0.1) is 23.1 Å². The summed E-state index contributed by atoms with van der Waals surface area (Å²) in [5.41, 5.74) is 0.178. The average Bonchev–Trinajstić information content (AvgIpc) is 2.58. The standard InChI is InChI=1S/C17H16O6S/c1-22-15-9-5-3-7-12(15)14(18)11-23-17(19)13-8-4-6-10-16(13)24(2,20)21/h3-10H,11H2,1-2H3. The number of hydrogen-bond acceptors (Lipinski definition) is 6. The van der Waals surface area contributed by atoms with Crippen molar-refractivity contribution in [2.45, 2.75) is 4.90 Å². The predicted molar refractivity (Wildman–Crippen MR) is 87.2 cm³/mol. The van der Waals surface area contributed by atoms with Crippen molar-refractivity contribution in [3.63, 3.8) is 0 Å². The van der Waals surface area contributed by atoms with Gasteiger partial charge in [-0.25, -0.2) is 13.2 Å². The van der Waals surface area contributed by atoms with Crippen molar-refractivity contribution in [1.82, 2.24) is 0 Å². The summed E-state index contributed by atoms with van der Waals surface area (Å²) in [6.45, 7) is -0.517. The molecule has 0 radical (unpaired) electrons. The van der Waals surface area contributed by atoms with Crippen LogP contribution in [0.4, 0.5) is 0 Å². The molecule has 7 heteroatoms. The molecule has 0 aliphatic heterocycles. The highest BCUT2D eigenvalue weighted by Gasteiger charge is 2.21. The molecule has 0 spiro atoms. The molecule has 0 heterocycles. The third-order valence-electron chi connectivity index (χ3n) is 3.25. The SMILES string of the molecule is COc1ccccc1C(=O)COC(=O)c1ccccc1S(C)(=O)=O. The van der Waals surface area contributed by atoms with Gasteiger partial charge in [-0.2, -0.15) is 0 Å². The second-order valence-electron chi connectivity index (χ2n) is 4.97. The first-order valence-corrected chi connectivity index (χ1v) is 8.86. The molecule has 6 nitrogen and oxygen atoms in total. The maximum Gasteiger partial charge on any atom is 0.339 e. The fourth-order valence-electron chi connectivity index (χ4n) is 2.12. The zero-order chi connectivity index (χ0) is 17.7. The van der Waals surface area contributed by atoms with Crippen LogP contribution in [0.2, 0.25) is 0 Å². The molecule has 2 aromatic rings. The van der Waals surface area contributed by atoms with Gasteiger partial charge in [-0.1, -0.05) is 24.3 Å². The molecular formula is C17H16O6S. The summed E-state index contributed by atoms with van der Waals surface area (Å²) in [7, 11) is -2.15. The van der Waals surface area contributed by atoms with Gasteiger partial charge in [-0.15, -0.1) is 0 Å². The van der Waals surface area contributed by atoms with Crippen LogP contribution in [0.15, 0.2) is 53.4 Å². The van der Waals surface area contributed by atoms with Crippen molar-refractivity contribution in [3.8, 4) is 5.75 Å². The Hall–Kier alpha value is -2.67. The number of sulfone groups is 1. The number of esters is 1. The van der Waals surface area contributed by atoms with Crippen molar-refractivity contribution in [2.75, 3.05) is 20.0 Å². The topological polar surface area (TPSA) is 86.7 Å². The van der Waals surface area contributed by atoms with Crippen molar-refractivity contribution < 1.29 is 27.5 Å². The van der Waals surface area contributed by atoms with Crippen molar-refractivity contribution in [2.24, 2.45) is 0 Å². The molecular weight excluding hydrogens is 332 g/mol. The summed E-state index contributed by atoms with van der Waals surface area (Å²) in [6.07, 6.45) is 0.999. The summed E-state index contributed by atoms with van der Waals surface area (Å²) < 4.78 is 33.5. The lowest BCUT2D eigenvalue weighted by molar-refractivity contribution is 0.0470. The summed E-state index contributed by atoms with van der Waals surface area (Å²) in [4.78, 5) is 24.2. The lowest BCUT2D eigenvalue weighted by atomic mass is 10.1. The summed E-state index contributed by atoms with van der Waals surface area (Å²) in [5, 5.41) is 0. The van der Waals surface area contributed by atoms with Gasteiger partial charge in [0.15, 0.2) is 16.4 Å². The summed E-state index contributed by atoms with van der Waals surface area (Å²) in [5.74, 6) is -0.952. The molecule has 0 saturated carbocycles. The highest BCUT2D eigenvalue weighted by Crippen LogP contribution is 2.19. The van der Waals surface area contributed by atoms with Crippen LogP contribution in [-0.2, 0) is 14.6 Å². The first-order chi connectivity index (χ1) is 11.3. The Labute approximate surface area is 139 Å². The highest BCUT2D eigenvalue weighted by atomic mass is 32.2. The molecule has 0 fully saturated rings. The smallest absolute Gasteiger partial charge is 0.339 e. The van der Waals surface area contributed by atoms with Gasteiger partial charge < -0.3 is 9.47 Å². The monoisotopic (exact) mass is 348 g/mol. The Bertz CT molecular complexity index is 870. The molecule has 0 atom stereocenters. The highest BCUT2D eigenvalue weighted by molar-refractivity contribution is 7.90. The molecule has 2 rings (SSSR count). The van der Waals surface area contributed by atoms with Crippen molar-refractivity contribution in [1.29, 1.82) is 0 Å². The van der Waals surface area contributed by atoms with E-state index in [9.17, 15) is 18.0 Å². The Kier molecular flexibility index (Phi) is 5.35. The maximum absolute atomic E-state index is 12.2. The summed E-state index contributed by atoms with van der Waals surface area (Å²) in [6, 6.07) is 12.2. The molecule has 0 aromatic heterocycles. The second-order valence-corrected chi connectivity index (χ2v) is 6.95. The molecule has 0 aliphatic rings. The van der Waals surface area contributed by atoms with Crippen molar-refractivity contribution >= 4 is 21.6 Å². The second kappa shape index (κ2) is 7.27. The van der Waals surface area contributed by atoms with E-state index in [1.54, 1.807) is 24.3 Å². The Morgan fingerprint density at radius 1 is 0.958 bits per heavy atom. The number of ketones is 1. The van der Waals surface area contributed by atoms with E-state index in [4.69, 9.17) is 9.47 Å². The van der Waals surface area contributed by atoms with Gasteiger partial charge in [0, 0.05) is 6.26 Å². The molecule has 0 bridgehead atoms. The van der Waals surface area contributed by atoms with E-state index in [-0.39, 0.29) is 16.0 Å². The number of benzene rings is 2. The van der Waals surface area contributed by atoms with E-state index < -0.39 is 28.2 Å². The van der Waals surface area contributed by atoms with E-state index in [1.807, 2.05) is 0 Å². The minimum absolute atomic E-state index is 0.104. The average molecular weight is 348 g/mol. The summed E-state index contributed by atoms with van der Waals surface area (Å²) >= 11 is 0. The molecule has 0 N–H and O–H groups in total. The van der Waals surface area contributed by atoms with E-state index >= 15 is 0 Å². The Morgan fingerprint density at radius 3 is 2.17 bits per heavy atom. The lowest BCUT2D eigenvalue weighted by Gasteiger charge is -2.09. The quantitative estimate of drug-likeness (QED) is 0.587. The van der Waals surface area contributed by atoms with Crippen LogP contribution < -0.4 is 4.74 Å². The minimum Gasteiger partial charge on any atom is -0.496 e. The number of ether oxygens (including phenoxy) is 2. The third-order valence-corrected chi connectivity index (χ3v) is 4.40. The fourth-order valence-corrected chi connectivity index (χ4v) is 3.00. The zero-order valence-electron chi connectivity index (χ0n) is 13.2. The first kappa shape index (κ1) is 17.7. The lowest BCUT2D eigenvalue weighted by Crippen LogP contribution is -2.17. The number of methoxy groups -OCH3 is 1. The normalized spacial score (nSPS) is 10.9. The Balaban J connectivity index is 2.16. The molecule has 2 aromatic carbocycles. The molecule has 0 aliphatic carbocycles. The Morgan fingerprint density at radius 2 is 1.54 bits per heavy atom. The fraction of sp³-hybridized carbons (Fsp3) is 0.176. The van der Waals surface area contributed by atoms with Crippen LogP contribution in [0.25, 0.3) is 0 Å². The van der Waals surface area contributed by atoms with E-state index in [0.29, 0.717) is 5.75 Å². The van der Waals surface area contributed by atoms with Gasteiger partial charge in [0.25, 0.3) is 0 Å². The maximum atomic E-state index is 12.2. The first-order valence-electron chi connectivity index (χ1n) is 6.97. The third kappa shape index (κ3) is 3.99. The van der Waals surface area contributed by atoms with Gasteiger partial charge in [-0.3, -0.25) is 4.79 Å². The van der Waals surface area contributed by atoms with Gasteiger partial charge >= 0.3 is 5.97 Å². The molecule has 0 saturated heterocycles. The number of carbonyl (C=O) groups is 2. The van der Waals surface area contributed by atoms with E-state index in [1.165, 1.54) is 31.4 Å². The van der Waals surface area contributed by atoms with Crippen molar-refractivity contribution in [3.05, 3.63) is 59.7 Å². The van der Waals surface area contributed by atoms with E-state index in [0.717, 1.165) is 6.26 Å². The van der Waals surface area contributed by atoms with Crippen LogP contribution in [0.1, 0.15) is 20.7 Å². The largest absolute Gasteiger partial charge is 0.496 e. The molecule has 0 unspecified atom stereocenters. The van der Waals surface area contributed by atoms with Crippen LogP contribution in [0.3, 0.4) is 0 Å². The molecule has 0 amide bonds. The molecule has 126 valence electrons. The van der Waals surface area contributed by atoms with Gasteiger partial charge in [0.2, 0.25) is 5.78 Å². The zero-order valence-corrected chi connectivity index (χ0v) is 14.0. The number of hydrogen-bond donors (Lipinski definition) is 0. The number of para-hydroxylation sites is 1. The van der Waals surface area contributed by atoms with E-state index in [2.05, 4.69) is 0 Å². The number of carbonyl (C=O) groups excluding carboxylic acids is 2. The van der Waals surface area contributed by atoms with Crippen LogP contribution in [0.5, 0.6) is 5.75 Å². The predicted octanol–water partition coefficient (Wildman–Crippen LogP) is 2.14. The minimum atomic E-state index is -3.59. The number of Topliss-reactive ketones (excluding diaryl/α,β-unsaturated/α-hetero) is 1. The van der Waals surface area contributed by atoms with Gasteiger partial charge in [-0.05, 0) is 24.3 Å². The molecule has 24 heavy (non-hydrogen) atoms. The van der Waals surface area contributed by atoms with Crippen LogP contribution in [-0.4, -0.2) is 40.1 Å². The van der Waals surface area contributed by atoms with Crippen LogP contribution in [0, 0.1) is 0 Å². The van der Waals surface area contributed by atoms with Crippen LogP contribution >= 0.6 is 0 Å². The van der Waals surface area contributed by atoms with Gasteiger partial charge in [0.1, 0.15) is 5.75 Å².